The maximum Gasteiger partial charge on any atom is 0.102 e. The van der Waals surface area contributed by atoms with E-state index in [9.17, 15) is 0 Å². The molecule has 630 valence electrons. The molecule has 0 N–H and O–H groups in total. The van der Waals surface area contributed by atoms with Crippen LogP contribution < -0.4 is 0 Å². The normalized spacial score (nSPS) is 12.6. The van der Waals surface area contributed by atoms with Crippen LogP contribution >= 0.6 is 47.0 Å². The molecule has 6 aromatic rings. The SMILES string of the molecule is CCCC[N+](CC)(CCC)CCOCCc1ccccc1.CCCC[N+](CC)(CCC)CCSCc1ccccc1.CCC[N+](CC)(CCC)CCOCCc1ccccc1.CCC[N+](CC)(CCC)CCSCc1ccccc1.CC[N+](CC)(CC)CCSCc1ccccc1.C[N+](C)(C)CCSCc1ccccc1. The van der Waals surface area contributed by atoms with E-state index in [2.05, 4.69) is 342 Å². The summed E-state index contributed by atoms with van der Waals surface area (Å²) < 4.78 is 19.2. The number of nitrogens with zero attached hydrogens (tertiary/aromatic N) is 6. The predicted molar refractivity (Wildman–Crippen MR) is 505 cm³/mol. The van der Waals surface area contributed by atoms with Gasteiger partial charge in [0.05, 0.1) is 172 Å². The number of quaternary nitrogens is 6. The molecular weight excluding hydrogens is 1430 g/mol. The second-order valence-corrected chi connectivity index (χ2v) is 36.3. The highest BCUT2D eigenvalue weighted by Crippen LogP contribution is 2.21. The van der Waals surface area contributed by atoms with Crippen molar-refractivity contribution in [3.05, 3.63) is 215 Å². The smallest absolute Gasteiger partial charge is 0.102 e. The average molecular weight is 1610 g/mol. The Bertz CT molecular complexity index is 2910. The lowest BCUT2D eigenvalue weighted by atomic mass is 10.2. The molecular formula is C99H174N6O2S4+6. The number of hydrogen-bond acceptors (Lipinski definition) is 6. The molecule has 12 heteroatoms. The second-order valence-electron chi connectivity index (χ2n) is 31.9. The number of unbranched alkanes of at least 4 members (excludes halogenated alkanes) is 2. The highest BCUT2D eigenvalue weighted by Gasteiger charge is 2.27. The number of benzene rings is 6. The van der Waals surface area contributed by atoms with Gasteiger partial charge in [-0.25, -0.2) is 0 Å². The number of rotatable bonds is 57. The number of thioether (sulfide) groups is 4. The van der Waals surface area contributed by atoms with Gasteiger partial charge in [-0.15, -0.1) is 0 Å². The Morgan fingerprint density at radius 2 is 0.432 bits per heavy atom. The molecule has 0 aliphatic rings. The molecule has 2 unspecified atom stereocenters. The summed E-state index contributed by atoms with van der Waals surface area (Å²) in [4.78, 5) is 0. The summed E-state index contributed by atoms with van der Waals surface area (Å²) in [6, 6.07) is 64.3. The maximum absolute atomic E-state index is 5.91. The molecule has 0 saturated carbocycles. The Morgan fingerprint density at radius 1 is 0.216 bits per heavy atom. The van der Waals surface area contributed by atoms with Crippen LogP contribution in [0.1, 0.15) is 201 Å². The molecule has 0 saturated heterocycles. The monoisotopic (exact) mass is 1610 g/mol. The molecule has 8 nitrogen and oxygen atoms in total. The standard InChI is InChI=1S/C19H34NO.C18H32NO.C18H32NS.C17H30NS.C15H26NS.C12H20NS/c1-4-7-15-20(6-3,14-5-2)16-18-21-17-13-19-11-9-8-10-12-19;1-4-13-19(6-3,14-5-2)15-17-20-16-12-18-10-8-7-9-11-18;1-4-7-14-19(6-3,13-5-2)15-16-20-17-18-11-9-8-10-12-18;1-4-12-18(6-3,13-5-2)14-15-19-16-17-10-8-7-9-11-17;1-4-16(5-2,6-3)12-13-17-14-15-10-8-7-9-11-15;1-13(2,3)9-10-14-11-12-7-5-4-6-8-12/h8-12H,4-7,13-18H2,1-3H3;7-11H,4-6,12-17H2,1-3H3;8-12H,4-7,13-17H2,1-3H3;7-11H,4-6,12-16H2,1-3H3;7-11H,4-6,12-14H2,1-3H3;4-8H,9-11H2,1-3H3/q6*+1. The van der Waals surface area contributed by atoms with E-state index >= 15 is 0 Å². The van der Waals surface area contributed by atoms with Crippen LogP contribution in [-0.4, -0.2) is 235 Å². The maximum atomic E-state index is 5.91. The van der Waals surface area contributed by atoms with Gasteiger partial charge in [0.1, 0.15) is 13.1 Å². The molecule has 0 radical (unpaired) electrons. The molecule has 0 aliphatic heterocycles. The van der Waals surface area contributed by atoms with Gasteiger partial charge in [0.15, 0.2) is 0 Å². The zero-order valence-electron chi connectivity index (χ0n) is 75.3. The molecule has 2 atom stereocenters. The first-order valence-corrected chi connectivity index (χ1v) is 49.3. The van der Waals surface area contributed by atoms with E-state index in [1.807, 2.05) is 11.8 Å². The molecule has 6 rings (SSSR count). The van der Waals surface area contributed by atoms with Crippen molar-refractivity contribution in [2.24, 2.45) is 0 Å². The minimum absolute atomic E-state index is 0.839. The predicted octanol–water partition coefficient (Wildman–Crippen LogP) is 24.2. The van der Waals surface area contributed by atoms with E-state index in [0.29, 0.717) is 0 Å². The lowest BCUT2D eigenvalue weighted by Gasteiger charge is -2.38. The first-order chi connectivity index (χ1) is 53.9. The van der Waals surface area contributed by atoms with E-state index in [1.54, 1.807) is 0 Å². The largest absolute Gasteiger partial charge is 0.375 e. The Balaban J connectivity index is 0.000000669. The van der Waals surface area contributed by atoms with Crippen molar-refractivity contribution in [1.82, 2.24) is 0 Å². The second kappa shape index (κ2) is 68.5. The topological polar surface area (TPSA) is 18.5 Å². The van der Waals surface area contributed by atoms with E-state index < -0.39 is 0 Å². The summed E-state index contributed by atoms with van der Waals surface area (Å²) in [6.07, 6.45) is 15.1. The van der Waals surface area contributed by atoms with Crippen molar-refractivity contribution in [1.29, 1.82) is 0 Å². The van der Waals surface area contributed by atoms with Crippen molar-refractivity contribution >= 4 is 47.0 Å². The average Bonchev–Trinajstić information content (AvgIpc) is 0.918. The highest BCUT2D eigenvalue weighted by atomic mass is 32.2. The van der Waals surface area contributed by atoms with Crippen LogP contribution in [0.2, 0.25) is 0 Å². The van der Waals surface area contributed by atoms with Gasteiger partial charge < -0.3 is 36.4 Å². The zero-order valence-corrected chi connectivity index (χ0v) is 78.5. The van der Waals surface area contributed by atoms with Crippen LogP contribution in [0.4, 0.5) is 0 Å². The quantitative estimate of drug-likeness (QED) is 0.0278. The van der Waals surface area contributed by atoms with E-state index in [-0.39, 0.29) is 0 Å². The summed E-state index contributed by atoms with van der Waals surface area (Å²) in [6.45, 7) is 65.1. The van der Waals surface area contributed by atoms with Crippen LogP contribution in [0.5, 0.6) is 0 Å². The van der Waals surface area contributed by atoms with Gasteiger partial charge in [0, 0.05) is 46.0 Å². The summed E-state index contributed by atoms with van der Waals surface area (Å²) in [5.74, 6) is 9.67. The Labute approximate surface area is 705 Å². The molecule has 0 spiro atoms. The first-order valence-electron chi connectivity index (χ1n) is 44.6. The van der Waals surface area contributed by atoms with Gasteiger partial charge in [-0.3, -0.25) is 0 Å². The van der Waals surface area contributed by atoms with Crippen LogP contribution in [0, 0.1) is 0 Å². The summed E-state index contributed by atoms with van der Waals surface area (Å²) in [7, 11) is 6.72. The third kappa shape index (κ3) is 52.0. The van der Waals surface area contributed by atoms with E-state index in [4.69, 9.17) is 9.47 Å². The summed E-state index contributed by atoms with van der Waals surface area (Å²) >= 11 is 8.26. The third-order valence-corrected chi connectivity index (χ3v) is 26.5. The Hall–Kier alpha value is -3.60. The molecule has 111 heavy (non-hydrogen) atoms. The lowest BCUT2D eigenvalue weighted by Crippen LogP contribution is -2.51. The van der Waals surface area contributed by atoms with Gasteiger partial charge in [-0.2, -0.15) is 47.0 Å². The van der Waals surface area contributed by atoms with Crippen molar-refractivity contribution < 1.29 is 36.4 Å². The Morgan fingerprint density at radius 3 is 0.667 bits per heavy atom. The molecule has 0 aromatic heterocycles. The van der Waals surface area contributed by atoms with Crippen molar-refractivity contribution in [3.8, 4) is 0 Å². The van der Waals surface area contributed by atoms with E-state index in [1.165, 1.54) is 274 Å². The van der Waals surface area contributed by atoms with Gasteiger partial charge >= 0.3 is 0 Å². The van der Waals surface area contributed by atoms with Crippen LogP contribution in [0.15, 0.2) is 182 Å². The molecule has 0 amide bonds. The molecule has 0 fully saturated rings. The van der Waals surface area contributed by atoms with Crippen molar-refractivity contribution in [2.75, 3.05) is 208 Å². The fourth-order valence-corrected chi connectivity index (χ4v) is 19.3. The first kappa shape index (κ1) is 105. The zero-order chi connectivity index (χ0) is 81.7. The minimum Gasteiger partial charge on any atom is -0.375 e. The molecule has 6 aromatic carbocycles. The van der Waals surface area contributed by atoms with Gasteiger partial charge in [0.25, 0.3) is 0 Å². The van der Waals surface area contributed by atoms with Crippen molar-refractivity contribution in [3.63, 3.8) is 0 Å². The Kier molecular flexibility index (Phi) is 65.0. The third-order valence-electron chi connectivity index (χ3n) is 22.5. The fourth-order valence-electron chi connectivity index (χ4n) is 14.8. The van der Waals surface area contributed by atoms with E-state index in [0.717, 1.165) is 73.3 Å². The summed E-state index contributed by atoms with van der Waals surface area (Å²) in [5.41, 5.74) is 8.52. The van der Waals surface area contributed by atoms with Crippen LogP contribution in [-0.2, 0) is 45.3 Å². The minimum atomic E-state index is 0.839. The number of ether oxygens (including phenoxy) is 2. The van der Waals surface area contributed by atoms with Crippen LogP contribution in [0.3, 0.4) is 0 Å². The summed E-state index contributed by atoms with van der Waals surface area (Å²) in [5, 5.41) is 0. The molecule has 0 aliphatic carbocycles. The van der Waals surface area contributed by atoms with Gasteiger partial charge in [-0.1, -0.05) is 250 Å². The molecule has 0 bridgehead atoms. The fraction of sp³-hybridized carbons (Fsp3) is 0.636. The van der Waals surface area contributed by atoms with Gasteiger partial charge in [-0.05, 0) is 146 Å². The lowest BCUT2D eigenvalue weighted by molar-refractivity contribution is -0.927. The molecule has 0 heterocycles. The number of hydrogen-bond donors (Lipinski definition) is 0. The van der Waals surface area contributed by atoms with Crippen molar-refractivity contribution in [2.45, 2.75) is 204 Å². The van der Waals surface area contributed by atoms with Gasteiger partial charge in [0.2, 0.25) is 0 Å². The van der Waals surface area contributed by atoms with Crippen LogP contribution in [0.25, 0.3) is 0 Å². The highest BCUT2D eigenvalue weighted by molar-refractivity contribution is 7.99. The number of likely N-dealkylation sites (N-methyl/N-ethyl adjacent to an activating group) is 2.